The van der Waals surface area contributed by atoms with E-state index >= 15 is 0 Å². The highest BCUT2D eigenvalue weighted by Crippen LogP contribution is 1.91. The maximum Gasteiger partial charge on any atom is 0.191 e. The maximum absolute atomic E-state index is 11.4. The van der Waals surface area contributed by atoms with Gasteiger partial charge in [-0.05, 0) is 19.4 Å². The van der Waals surface area contributed by atoms with Gasteiger partial charge in [0.05, 0.1) is 5.75 Å². The van der Waals surface area contributed by atoms with E-state index in [-0.39, 0.29) is 35.5 Å². The minimum atomic E-state index is -2.94. The molecule has 0 fully saturated rings. The van der Waals surface area contributed by atoms with Crippen molar-refractivity contribution in [3.8, 4) is 0 Å². The topological polar surface area (TPSA) is 88.4 Å². The number of aromatic nitrogens is 2. The third-order valence-corrected chi connectivity index (χ3v) is 4.57. The van der Waals surface area contributed by atoms with Gasteiger partial charge in [0.2, 0.25) is 0 Å². The summed E-state index contributed by atoms with van der Waals surface area (Å²) in [5.74, 6) is 0.956. The summed E-state index contributed by atoms with van der Waals surface area (Å²) in [6, 6.07) is 1.89. The SMILES string of the molecule is CCNC(=NCCCn1cccn1)NCCS(=O)(=O)CC.I. The zero-order valence-electron chi connectivity index (χ0n) is 13.2. The largest absolute Gasteiger partial charge is 0.357 e. The molecule has 0 spiro atoms. The van der Waals surface area contributed by atoms with Crippen molar-refractivity contribution in [1.82, 2.24) is 20.4 Å². The molecule has 22 heavy (non-hydrogen) atoms. The molecule has 1 aromatic rings. The summed E-state index contributed by atoms with van der Waals surface area (Å²) in [7, 11) is -2.94. The Labute approximate surface area is 149 Å². The van der Waals surface area contributed by atoms with E-state index in [1.54, 1.807) is 13.1 Å². The van der Waals surface area contributed by atoms with Crippen LogP contribution < -0.4 is 10.6 Å². The lowest BCUT2D eigenvalue weighted by molar-refractivity contribution is 0.583. The first kappa shape index (κ1) is 21.2. The summed E-state index contributed by atoms with van der Waals surface area (Å²) in [6.07, 6.45) is 4.55. The van der Waals surface area contributed by atoms with Gasteiger partial charge >= 0.3 is 0 Å². The fourth-order valence-corrected chi connectivity index (χ4v) is 2.37. The monoisotopic (exact) mass is 443 g/mol. The average molecular weight is 443 g/mol. The number of aryl methyl sites for hydroxylation is 1. The van der Waals surface area contributed by atoms with E-state index in [2.05, 4.69) is 20.7 Å². The van der Waals surface area contributed by atoms with Crippen molar-refractivity contribution in [2.45, 2.75) is 26.8 Å². The van der Waals surface area contributed by atoms with Gasteiger partial charge in [-0.25, -0.2) is 8.42 Å². The number of nitrogens with one attached hydrogen (secondary N) is 2. The third kappa shape index (κ3) is 9.23. The summed E-state index contributed by atoms with van der Waals surface area (Å²) < 4.78 is 24.7. The third-order valence-electron chi connectivity index (χ3n) is 2.86. The molecule has 0 aliphatic rings. The van der Waals surface area contributed by atoms with Gasteiger partial charge in [0, 0.05) is 44.3 Å². The Kier molecular flexibility index (Phi) is 11.2. The van der Waals surface area contributed by atoms with E-state index in [0.29, 0.717) is 19.0 Å². The molecular formula is C13H26IN5O2S. The molecule has 0 aliphatic carbocycles. The molecule has 0 bridgehead atoms. The fraction of sp³-hybridized carbons (Fsp3) is 0.692. The number of guanidine groups is 1. The number of rotatable bonds is 9. The molecule has 0 atom stereocenters. The maximum atomic E-state index is 11.4. The zero-order chi connectivity index (χ0) is 15.6. The standard InChI is InChI=1S/C13H25N5O2S.HI/c1-3-14-13(16-9-12-21(19,20)4-2)15-7-5-10-18-11-6-8-17-18;/h6,8,11H,3-5,7,9-10,12H2,1-2H3,(H2,14,15,16);1H. The summed E-state index contributed by atoms with van der Waals surface area (Å²) in [5, 5.41) is 10.3. The van der Waals surface area contributed by atoms with E-state index in [4.69, 9.17) is 0 Å². The van der Waals surface area contributed by atoms with Gasteiger partial charge in [0.25, 0.3) is 0 Å². The fourth-order valence-electron chi connectivity index (χ4n) is 1.67. The molecule has 0 saturated carbocycles. The number of hydrogen-bond acceptors (Lipinski definition) is 4. The highest BCUT2D eigenvalue weighted by Gasteiger charge is 2.07. The zero-order valence-corrected chi connectivity index (χ0v) is 16.3. The smallest absolute Gasteiger partial charge is 0.191 e. The molecule has 0 amide bonds. The number of hydrogen-bond donors (Lipinski definition) is 2. The summed E-state index contributed by atoms with van der Waals surface area (Å²) in [4.78, 5) is 4.42. The van der Waals surface area contributed by atoms with Gasteiger partial charge in [0.1, 0.15) is 0 Å². The molecule has 0 radical (unpaired) electrons. The quantitative estimate of drug-likeness (QED) is 0.256. The predicted molar refractivity (Wildman–Crippen MR) is 101 cm³/mol. The summed E-state index contributed by atoms with van der Waals surface area (Å²) >= 11 is 0. The van der Waals surface area contributed by atoms with Crippen molar-refractivity contribution in [3.05, 3.63) is 18.5 Å². The molecule has 0 saturated heterocycles. The first-order valence-electron chi connectivity index (χ1n) is 7.27. The lowest BCUT2D eigenvalue weighted by atomic mass is 10.4. The highest BCUT2D eigenvalue weighted by atomic mass is 127. The number of aliphatic imine (C=N–C) groups is 1. The van der Waals surface area contributed by atoms with Crippen LogP contribution in [0.1, 0.15) is 20.3 Å². The van der Waals surface area contributed by atoms with Gasteiger partial charge in [-0.3, -0.25) is 9.67 Å². The minimum Gasteiger partial charge on any atom is -0.357 e. The Morgan fingerprint density at radius 3 is 2.68 bits per heavy atom. The normalized spacial score (nSPS) is 11.8. The van der Waals surface area contributed by atoms with E-state index in [1.165, 1.54) is 0 Å². The van der Waals surface area contributed by atoms with E-state index in [1.807, 2.05) is 23.9 Å². The van der Waals surface area contributed by atoms with Crippen LogP contribution in [0.4, 0.5) is 0 Å². The molecule has 1 heterocycles. The van der Waals surface area contributed by atoms with Gasteiger partial charge < -0.3 is 10.6 Å². The lowest BCUT2D eigenvalue weighted by Gasteiger charge is -2.11. The van der Waals surface area contributed by atoms with Crippen molar-refractivity contribution < 1.29 is 8.42 Å². The molecular weight excluding hydrogens is 417 g/mol. The molecule has 0 aromatic carbocycles. The van der Waals surface area contributed by atoms with Gasteiger partial charge in [-0.1, -0.05) is 6.92 Å². The molecule has 1 rings (SSSR count). The molecule has 1 aromatic heterocycles. The first-order chi connectivity index (χ1) is 10.1. The summed E-state index contributed by atoms with van der Waals surface area (Å²) in [5.41, 5.74) is 0. The molecule has 9 heteroatoms. The van der Waals surface area contributed by atoms with Gasteiger partial charge in [-0.2, -0.15) is 5.10 Å². The Balaban J connectivity index is 0.00000441. The Bertz CT molecular complexity index is 517. The van der Waals surface area contributed by atoms with Gasteiger partial charge in [0.15, 0.2) is 15.8 Å². The molecule has 7 nitrogen and oxygen atoms in total. The molecule has 0 unspecified atom stereocenters. The van der Waals surface area contributed by atoms with Crippen LogP contribution >= 0.6 is 24.0 Å². The molecule has 0 aliphatic heterocycles. The Morgan fingerprint density at radius 1 is 1.32 bits per heavy atom. The molecule has 128 valence electrons. The Hall–Kier alpha value is -0.840. The minimum absolute atomic E-state index is 0. The number of halogens is 1. The summed E-state index contributed by atoms with van der Waals surface area (Å²) in [6.45, 7) is 6.23. The van der Waals surface area contributed by atoms with Gasteiger partial charge in [-0.15, -0.1) is 24.0 Å². The van der Waals surface area contributed by atoms with Crippen LogP contribution in [0.15, 0.2) is 23.5 Å². The van der Waals surface area contributed by atoms with Crippen LogP contribution in [0, 0.1) is 0 Å². The van der Waals surface area contributed by atoms with Crippen LogP contribution in [0.2, 0.25) is 0 Å². The lowest BCUT2D eigenvalue weighted by Crippen LogP contribution is -2.39. The first-order valence-corrected chi connectivity index (χ1v) is 9.09. The highest BCUT2D eigenvalue weighted by molar-refractivity contribution is 14.0. The number of nitrogens with zero attached hydrogens (tertiary/aromatic N) is 3. The van der Waals surface area contributed by atoms with Crippen LogP contribution in [-0.2, 0) is 16.4 Å². The number of sulfone groups is 1. The van der Waals surface area contributed by atoms with Crippen molar-refractivity contribution in [2.75, 3.05) is 31.1 Å². The van der Waals surface area contributed by atoms with Crippen LogP contribution in [-0.4, -0.2) is 55.3 Å². The second kappa shape index (κ2) is 11.7. The van der Waals surface area contributed by atoms with Crippen LogP contribution in [0.5, 0.6) is 0 Å². The van der Waals surface area contributed by atoms with E-state index < -0.39 is 9.84 Å². The van der Waals surface area contributed by atoms with Crippen LogP contribution in [0.25, 0.3) is 0 Å². The second-order valence-electron chi connectivity index (χ2n) is 4.55. The van der Waals surface area contributed by atoms with Crippen molar-refractivity contribution in [1.29, 1.82) is 0 Å². The van der Waals surface area contributed by atoms with Crippen molar-refractivity contribution in [3.63, 3.8) is 0 Å². The van der Waals surface area contributed by atoms with Crippen molar-refractivity contribution in [2.24, 2.45) is 4.99 Å². The Morgan fingerprint density at radius 2 is 2.09 bits per heavy atom. The van der Waals surface area contributed by atoms with Crippen molar-refractivity contribution >= 4 is 39.8 Å². The second-order valence-corrected chi connectivity index (χ2v) is 7.02. The van der Waals surface area contributed by atoms with E-state index in [9.17, 15) is 8.42 Å². The molecule has 2 N–H and O–H groups in total. The average Bonchev–Trinajstić information content (AvgIpc) is 2.96. The van der Waals surface area contributed by atoms with Crippen LogP contribution in [0.3, 0.4) is 0 Å². The predicted octanol–water partition coefficient (Wildman–Crippen LogP) is 0.881. The van der Waals surface area contributed by atoms with E-state index in [0.717, 1.165) is 19.5 Å².